The molecule has 2 heterocycles. The summed E-state index contributed by atoms with van der Waals surface area (Å²) in [5.41, 5.74) is 3.12. The van der Waals surface area contributed by atoms with Crippen molar-refractivity contribution < 1.29 is 14.0 Å². The van der Waals surface area contributed by atoms with Gasteiger partial charge in [0.2, 0.25) is 11.8 Å². The molecule has 0 aliphatic carbocycles. The van der Waals surface area contributed by atoms with Gasteiger partial charge in [-0.25, -0.2) is 0 Å². The molecular weight excluding hydrogens is 342 g/mol. The van der Waals surface area contributed by atoms with E-state index >= 15 is 0 Å². The van der Waals surface area contributed by atoms with Crippen LogP contribution in [0, 0.1) is 19.8 Å². The van der Waals surface area contributed by atoms with Crippen molar-refractivity contribution in [2.75, 3.05) is 32.1 Å². The highest BCUT2D eigenvalue weighted by molar-refractivity contribution is 6.00. The number of carbonyl (C=O) groups excluding carboxylic acids is 2. The van der Waals surface area contributed by atoms with Crippen LogP contribution in [0.2, 0.25) is 0 Å². The maximum absolute atomic E-state index is 12.7. The fourth-order valence-corrected chi connectivity index (χ4v) is 3.50. The Kier molecular flexibility index (Phi) is 5.65. The standard InChI is InChI=1S/C21H27N3O3/c1-14-7-5-8-17(15(14)2)24-13-16(11-20(24)25)21(26)22-12-18(23(3)4)19-9-6-10-27-19/h5-10,16,18H,11-13H2,1-4H3,(H,22,26). The molecular formula is C21H27N3O3. The monoisotopic (exact) mass is 369 g/mol. The highest BCUT2D eigenvalue weighted by atomic mass is 16.3. The second-order valence-corrected chi connectivity index (χ2v) is 7.36. The molecule has 144 valence electrons. The Bertz CT molecular complexity index is 814. The summed E-state index contributed by atoms with van der Waals surface area (Å²) in [6.45, 7) is 4.89. The van der Waals surface area contributed by atoms with Gasteiger partial charge in [-0.05, 0) is 57.3 Å². The highest BCUT2D eigenvalue weighted by Crippen LogP contribution is 2.29. The minimum atomic E-state index is -0.336. The van der Waals surface area contributed by atoms with Gasteiger partial charge in [-0.3, -0.25) is 14.5 Å². The summed E-state index contributed by atoms with van der Waals surface area (Å²) in [6.07, 6.45) is 1.87. The third-order valence-electron chi connectivity index (χ3n) is 5.33. The van der Waals surface area contributed by atoms with Crippen LogP contribution >= 0.6 is 0 Å². The Morgan fingerprint density at radius 1 is 1.30 bits per heavy atom. The van der Waals surface area contributed by atoms with Crippen LogP contribution in [-0.4, -0.2) is 43.9 Å². The maximum Gasteiger partial charge on any atom is 0.227 e. The fourth-order valence-electron chi connectivity index (χ4n) is 3.50. The van der Waals surface area contributed by atoms with Crippen molar-refractivity contribution in [2.24, 2.45) is 5.92 Å². The van der Waals surface area contributed by atoms with Gasteiger partial charge in [0, 0.05) is 25.2 Å². The predicted octanol–water partition coefficient (Wildman–Crippen LogP) is 2.67. The summed E-state index contributed by atoms with van der Waals surface area (Å²) in [5, 5.41) is 2.99. The molecule has 1 aliphatic heterocycles. The van der Waals surface area contributed by atoms with Crippen molar-refractivity contribution in [3.63, 3.8) is 0 Å². The highest BCUT2D eigenvalue weighted by Gasteiger charge is 2.36. The number of nitrogens with one attached hydrogen (secondary N) is 1. The zero-order valence-corrected chi connectivity index (χ0v) is 16.4. The van der Waals surface area contributed by atoms with Crippen LogP contribution in [0.25, 0.3) is 0 Å². The fraction of sp³-hybridized carbons (Fsp3) is 0.429. The summed E-state index contributed by atoms with van der Waals surface area (Å²) < 4.78 is 5.48. The Hall–Kier alpha value is -2.60. The number of hydrogen-bond donors (Lipinski definition) is 1. The summed E-state index contributed by atoms with van der Waals surface area (Å²) in [6, 6.07) is 9.61. The van der Waals surface area contributed by atoms with E-state index in [2.05, 4.69) is 5.32 Å². The van der Waals surface area contributed by atoms with Crippen molar-refractivity contribution in [1.82, 2.24) is 10.2 Å². The normalized spacial score (nSPS) is 18.2. The van der Waals surface area contributed by atoms with Crippen molar-refractivity contribution >= 4 is 17.5 Å². The number of hydrogen-bond acceptors (Lipinski definition) is 4. The van der Waals surface area contributed by atoms with Crippen LogP contribution in [0.3, 0.4) is 0 Å². The smallest absolute Gasteiger partial charge is 0.227 e. The van der Waals surface area contributed by atoms with Crippen LogP contribution in [0.5, 0.6) is 0 Å². The van der Waals surface area contributed by atoms with Crippen LogP contribution in [0.4, 0.5) is 5.69 Å². The molecule has 1 N–H and O–H groups in total. The second-order valence-electron chi connectivity index (χ2n) is 7.36. The van der Waals surface area contributed by atoms with E-state index in [1.54, 1.807) is 11.2 Å². The zero-order valence-electron chi connectivity index (χ0n) is 16.4. The van der Waals surface area contributed by atoms with E-state index in [0.717, 1.165) is 22.6 Å². The molecule has 2 amide bonds. The quantitative estimate of drug-likeness (QED) is 0.850. The molecule has 2 atom stereocenters. The van der Waals surface area contributed by atoms with Gasteiger partial charge < -0.3 is 14.6 Å². The van der Waals surface area contributed by atoms with Crippen LogP contribution in [-0.2, 0) is 9.59 Å². The lowest BCUT2D eigenvalue weighted by molar-refractivity contribution is -0.126. The van der Waals surface area contributed by atoms with E-state index in [1.165, 1.54) is 0 Å². The summed E-state index contributed by atoms with van der Waals surface area (Å²) in [7, 11) is 3.89. The minimum Gasteiger partial charge on any atom is -0.468 e. The first-order chi connectivity index (χ1) is 12.9. The van der Waals surface area contributed by atoms with E-state index in [0.29, 0.717) is 13.1 Å². The van der Waals surface area contributed by atoms with Crippen molar-refractivity contribution in [2.45, 2.75) is 26.3 Å². The molecule has 1 aromatic heterocycles. The Morgan fingerprint density at radius 3 is 2.74 bits per heavy atom. The Balaban J connectivity index is 1.64. The number of carbonyl (C=O) groups is 2. The SMILES string of the molecule is Cc1cccc(N2CC(C(=O)NCC(c3ccco3)N(C)C)CC2=O)c1C. The number of aryl methyl sites for hydroxylation is 1. The van der Waals surface area contributed by atoms with Crippen LogP contribution < -0.4 is 10.2 Å². The van der Waals surface area contributed by atoms with E-state index in [9.17, 15) is 9.59 Å². The Labute approximate surface area is 160 Å². The van der Waals surface area contributed by atoms with Crippen molar-refractivity contribution in [3.8, 4) is 0 Å². The van der Waals surface area contributed by atoms with Crippen molar-refractivity contribution in [1.29, 1.82) is 0 Å². The number of rotatable bonds is 6. The molecule has 1 fully saturated rings. The molecule has 1 aromatic carbocycles. The first-order valence-electron chi connectivity index (χ1n) is 9.22. The molecule has 0 spiro atoms. The minimum absolute atomic E-state index is 0.000885. The molecule has 2 unspecified atom stereocenters. The molecule has 6 nitrogen and oxygen atoms in total. The number of benzene rings is 1. The predicted molar refractivity (Wildman–Crippen MR) is 105 cm³/mol. The van der Waals surface area contributed by atoms with Gasteiger partial charge in [-0.1, -0.05) is 12.1 Å². The molecule has 27 heavy (non-hydrogen) atoms. The lowest BCUT2D eigenvalue weighted by Crippen LogP contribution is -2.38. The second kappa shape index (κ2) is 7.96. The summed E-state index contributed by atoms with van der Waals surface area (Å²) >= 11 is 0. The average molecular weight is 369 g/mol. The van der Waals surface area contributed by atoms with Gasteiger partial charge in [0.15, 0.2) is 0 Å². The zero-order chi connectivity index (χ0) is 19.6. The molecule has 1 saturated heterocycles. The summed E-state index contributed by atoms with van der Waals surface area (Å²) in [4.78, 5) is 28.9. The number of likely N-dealkylation sites (N-methyl/N-ethyl adjacent to an activating group) is 1. The van der Waals surface area contributed by atoms with Gasteiger partial charge in [-0.2, -0.15) is 0 Å². The van der Waals surface area contributed by atoms with Gasteiger partial charge in [-0.15, -0.1) is 0 Å². The van der Waals surface area contributed by atoms with Crippen LogP contribution in [0.15, 0.2) is 41.0 Å². The van der Waals surface area contributed by atoms with E-state index in [1.807, 2.05) is 63.2 Å². The number of nitrogens with zero attached hydrogens (tertiary/aromatic N) is 2. The first kappa shape index (κ1) is 19.2. The van der Waals surface area contributed by atoms with E-state index in [-0.39, 0.29) is 30.2 Å². The summed E-state index contributed by atoms with van der Waals surface area (Å²) in [5.74, 6) is 0.380. The Morgan fingerprint density at radius 2 is 2.07 bits per heavy atom. The molecule has 0 saturated carbocycles. The van der Waals surface area contributed by atoms with E-state index in [4.69, 9.17) is 4.42 Å². The van der Waals surface area contributed by atoms with Gasteiger partial charge in [0.25, 0.3) is 0 Å². The molecule has 3 rings (SSSR count). The molecule has 0 bridgehead atoms. The largest absolute Gasteiger partial charge is 0.468 e. The molecule has 1 aliphatic rings. The van der Waals surface area contributed by atoms with Crippen molar-refractivity contribution in [3.05, 3.63) is 53.5 Å². The number of anilines is 1. The number of amides is 2. The first-order valence-corrected chi connectivity index (χ1v) is 9.22. The average Bonchev–Trinajstić information content (AvgIpc) is 3.27. The molecule has 6 heteroatoms. The lowest BCUT2D eigenvalue weighted by atomic mass is 10.1. The van der Waals surface area contributed by atoms with E-state index < -0.39 is 0 Å². The maximum atomic E-state index is 12.7. The number of furan rings is 1. The molecule has 0 radical (unpaired) electrons. The molecule has 2 aromatic rings. The topological polar surface area (TPSA) is 65.8 Å². The van der Waals surface area contributed by atoms with Gasteiger partial charge >= 0.3 is 0 Å². The van der Waals surface area contributed by atoms with Gasteiger partial charge in [0.1, 0.15) is 5.76 Å². The van der Waals surface area contributed by atoms with Gasteiger partial charge in [0.05, 0.1) is 18.2 Å². The third-order valence-corrected chi connectivity index (χ3v) is 5.33. The third kappa shape index (κ3) is 4.06. The lowest BCUT2D eigenvalue weighted by Gasteiger charge is -2.23. The van der Waals surface area contributed by atoms with Crippen LogP contribution in [0.1, 0.15) is 29.3 Å².